The molecule has 0 radical (unpaired) electrons. The fourth-order valence-corrected chi connectivity index (χ4v) is 2.11. The first-order valence-corrected chi connectivity index (χ1v) is 6.97. The van der Waals surface area contributed by atoms with Gasteiger partial charge in [-0.3, -0.25) is 4.90 Å². The van der Waals surface area contributed by atoms with Gasteiger partial charge in [0, 0.05) is 18.6 Å². The van der Waals surface area contributed by atoms with E-state index in [-0.39, 0.29) is 0 Å². The summed E-state index contributed by atoms with van der Waals surface area (Å²) in [4.78, 5) is 2.53. The molecular formula is C14H32N2. The van der Waals surface area contributed by atoms with Crippen LogP contribution < -0.4 is 5.73 Å². The van der Waals surface area contributed by atoms with Crippen LogP contribution in [-0.4, -0.2) is 30.1 Å². The first kappa shape index (κ1) is 15.9. The Hall–Kier alpha value is -0.0800. The second-order valence-electron chi connectivity index (χ2n) is 5.69. The molecule has 0 aromatic rings. The van der Waals surface area contributed by atoms with Gasteiger partial charge in [-0.15, -0.1) is 0 Å². The van der Waals surface area contributed by atoms with Crippen molar-refractivity contribution in [3.05, 3.63) is 0 Å². The molecule has 0 aliphatic carbocycles. The minimum absolute atomic E-state index is 0.337. The average Bonchev–Trinajstić information content (AvgIpc) is 2.15. The number of nitrogens with zero attached hydrogens (tertiary/aromatic N) is 1. The van der Waals surface area contributed by atoms with Crippen molar-refractivity contribution in [1.29, 1.82) is 0 Å². The maximum Gasteiger partial charge on any atom is 0.0170 e. The lowest BCUT2D eigenvalue weighted by Gasteiger charge is -2.29. The maximum absolute atomic E-state index is 6.18. The maximum atomic E-state index is 6.18. The van der Waals surface area contributed by atoms with Crippen molar-refractivity contribution in [2.24, 2.45) is 11.7 Å². The van der Waals surface area contributed by atoms with Crippen molar-refractivity contribution < 1.29 is 0 Å². The second-order valence-corrected chi connectivity index (χ2v) is 5.69. The second kappa shape index (κ2) is 9.00. The standard InChI is InChI=1S/C14H32N2/c1-6-7-8-9-16(13(4)5)11-14(15)10-12(2)3/h12-14H,6-11,15H2,1-5H3. The summed E-state index contributed by atoms with van der Waals surface area (Å²) in [5, 5.41) is 0. The Bertz CT molecular complexity index is 155. The van der Waals surface area contributed by atoms with Crippen LogP contribution in [0.3, 0.4) is 0 Å². The minimum Gasteiger partial charge on any atom is -0.327 e. The zero-order valence-electron chi connectivity index (χ0n) is 12.0. The molecule has 16 heavy (non-hydrogen) atoms. The highest BCUT2D eigenvalue weighted by Gasteiger charge is 2.14. The number of rotatable bonds is 9. The molecule has 1 unspecified atom stereocenters. The fourth-order valence-electron chi connectivity index (χ4n) is 2.11. The first-order chi connectivity index (χ1) is 7.47. The quantitative estimate of drug-likeness (QED) is 0.614. The Morgan fingerprint density at radius 2 is 1.69 bits per heavy atom. The molecule has 0 saturated heterocycles. The van der Waals surface area contributed by atoms with Gasteiger partial charge in [0.1, 0.15) is 0 Å². The van der Waals surface area contributed by atoms with Crippen molar-refractivity contribution in [3.63, 3.8) is 0 Å². The zero-order valence-corrected chi connectivity index (χ0v) is 12.0. The minimum atomic E-state index is 0.337. The van der Waals surface area contributed by atoms with Crippen LogP contribution in [-0.2, 0) is 0 Å². The molecule has 0 bridgehead atoms. The van der Waals surface area contributed by atoms with Crippen molar-refractivity contribution in [2.75, 3.05) is 13.1 Å². The van der Waals surface area contributed by atoms with Gasteiger partial charge in [0.2, 0.25) is 0 Å². The Kier molecular flexibility index (Phi) is 8.96. The average molecular weight is 228 g/mol. The van der Waals surface area contributed by atoms with Gasteiger partial charge in [-0.1, -0.05) is 33.6 Å². The van der Waals surface area contributed by atoms with Gasteiger partial charge in [0.25, 0.3) is 0 Å². The van der Waals surface area contributed by atoms with Crippen LogP contribution in [0, 0.1) is 5.92 Å². The van der Waals surface area contributed by atoms with Gasteiger partial charge in [0.15, 0.2) is 0 Å². The predicted molar refractivity (Wildman–Crippen MR) is 73.7 cm³/mol. The number of hydrogen-bond acceptors (Lipinski definition) is 2. The lowest BCUT2D eigenvalue weighted by Crippen LogP contribution is -2.42. The lowest BCUT2D eigenvalue weighted by atomic mass is 10.0. The van der Waals surface area contributed by atoms with E-state index in [1.807, 2.05) is 0 Å². The largest absolute Gasteiger partial charge is 0.327 e. The van der Waals surface area contributed by atoms with Crippen LogP contribution in [0.2, 0.25) is 0 Å². The highest BCUT2D eigenvalue weighted by Crippen LogP contribution is 2.08. The third-order valence-corrected chi connectivity index (χ3v) is 3.02. The predicted octanol–water partition coefficient (Wildman–Crippen LogP) is 3.26. The van der Waals surface area contributed by atoms with Crippen molar-refractivity contribution in [1.82, 2.24) is 4.90 Å². The molecule has 0 rings (SSSR count). The molecule has 0 spiro atoms. The summed E-state index contributed by atoms with van der Waals surface area (Å²) in [7, 11) is 0. The van der Waals surface area contributed by atoms with E-state index in [9.17, 15) is 0 Å². The van der Waals surface area contributed by atoms with E-state index in [4.69, 9.17) is 5.73 Å². The zero-order chi connectivity index (χ0) is 12.6. The summed E-state index contributed by atoms with van der Waals surface area (Å²) in [6.07, 6.45) is 5.08. The molecule has 0 fully saturated rings. The Morgan fingerprint density at radius 3 is 2.12 bits per heavy atom. The van der Waals surface area contributed by atoms with Gasteiger partial charge in [-0.25, -0.2) is 0 Å². The number of nitrogens with two attached hydrogens (primary N) is 1. The highest BCUT2D eigenvalue weighted by atomic mass is 15.2. The molecule has 1 atom stereocenters. The summed E-state index contributed by atoms with van der Waals surface area (Å²) in [6.45, 7) is 13.6. The molecule has 0 aromatic carbocycles. The van der Waals surface area contributed by atoms with E-state index in [0.29, 0.717) is 18.0 Å². The monoisotopic (exact) mass is 228 g/mol. The molecule has 98 valence electrons. The Labute approximate surface area is 103 Å². The van der Waals surface area contributed by atoms with Crippen LogP contribution in [0.25, 0.3) is 0 Å². The Balaban J connectivity index is 3.92. The Morgan fingerprint density at radius 1 is 1.06 bits per heavy atom. The van der Waals surface area contributed by atoms with Gasteiger partial charge in [-0.05, 0) is 39.2 Å². The molecule has 0 aromatic heterocycles. The molecule has 0 aliphatic rings. The molecule has 0 aliphatic heterocycles. The smallest absolute Gasteiger partial charge is 0.0170 e. The van der Waals surface area contributed by atoms with Gasteiger partial charge in [0.05, 0.1) is 0 Å². The van der Waals surface area contributed by atoms with E-state index >= 15 is 0 Å². The van der Waals surface area contributed by atoms with Crippen molar-refractivity contribution in [3.8, 4) is 0 Å². The molecule has 2 nitrogen and oxygen atoms in total. The molecule has 2 N–H and O–H groups in total. The van der Waals surface area contributed by atoms with Gasteiger partial charge < -0.3 is 5.73 Å². The van der Waals surface area contributed by atoms with E-state index in [2.05, 4.69) is 39.5 Å². The van der Waals surface area contributed by atoms with Crippen LogP contribution in [0.15, 0.2) is 0 Å². The molecular weight excluding hydrogens is 196 g/mol. The van der Waals surface area contributed by atoms with Crippen LogP contribution >= 0.6 is 0 Å². The summed E-state index contributed by atoms with van der Waals surface area (Å²) < 4.78 is 0. The summed E-state index contributed by atoms with van der Waals surface area (Å²) in [5.74, 6) is 0.708. The normalized spacial score (nSPS) is 14.1. The molecule has 2 heteroatoms. The van der Waals surface area contributed by atoms with Gasteiger partial charge >= 0.3 is 0 Å². The summed E-state index contributed by atoms with van der Waals surface area (Å²) in [6, 6.07) is 0.957. The lowest BCUT2D eigenvalue weighted by molar-refractivity contribution is 0.197. The summed E-state index contributed by atoms with van der Waals surface area (Å²) in [5.41, 5.74) is 6.18. The highest BCUT2D eigenvalue weighted by molar-refractivity contribution is 4.72. The topological polar surface area (TPSA) is 29.3 Å². The SMILES string of the molecule is CCCCCN(CC(N)CC(C)C)C(C)C. The molecule has 0 saturated carbocycles. The van der Waals surface area contributed by atoms with E-state index in [0.717, 1.165) is 13.0 Å². The van der Waals surface area contributed by atoms with Crippen molar-refractivity contribution in [2.45, 2.75) is 72.4 Å². The summed E-state index contributed by atoms with van der Waals surface area (Å²) >= 11 is 0. The number of hydrogen-bond donors (Lipinski definition) is 1. The first-order valence-electron chi connectivity index (χ1n) is 6.97. The third kappa shape index (κ3) is 8.12. The third-order valence-electron chi connectivity index (χ3n) is 3.02. The van der Waals surface area contributed by atoms with E-state index in [1.54, 1.807) is 0 Å². The van der Waals surface area contributed by atoms with Gasteiger partial charge in [-0.2, -0.15) is 0 Å². The fraction of sp³-hybridized carbons (Fsp3) is 1.00. The van der Waals surface area contributed by atoms with Crippen molar-refractivity contribution >= 4 is 0 Å². The number of unbranched alkanes of at least 4 members (excludes halogenated alkanes) is 2. The van der Waals surface area contributed by atoms with Crippen LogP contribution in [0.4, 0.5) is 0 Å². The molecule has 0 amide bonds. The van der Waals surface area contributed by atoms with E-state index in [1.165, 1.54) is 25.8 Å². The van der Waals surface area contributed by atoms with E-state index < -0.39 is 0 Å². The van der Waals surface area contributed by atoms with Crippen LogP contribution in [0.1, 0.15) is 60.3 Å². The molecule has 0 heterocycles. The van der Waals surface area contributed by atoms with Crippen LogP contribution in [0.5, 0.6) is 0 Å².